The highest BCUT2D eigenvalue weighted by atomic mass is 79.9. The number of nitrogens with two attached hydrogens (primary N) is 1. The second kappa shape index (κ2) is 4.42. The van der Waals surface area contributed by atoms with Gasteiger partial charge >= 0.3 is 0 Å². The molecule has 13 heavy (non-hydrogen) atoms. The lowest BCUT2D eigenvalue weighted by Gasteiger charge is -2.02. The summed E-state index contributed by atoms with van der Waals surface area (Å²) in [6, 6.07) is 5.43. The topological polar surface area (TPSA) is 43.1 Å². The molecule has 0 bridgehead atoms. The molecule has 1 rings (SSSR count). The van der Waals surface area contributed by atoms with Crippen LogP contribution < -0.4 is 5.73 Å². The van der Waals surface area contributed by atoms with E-state index in [4.69, 9.17) is 5.73 Å². The molecule has 70 valence electrons. The average Bonchev–Trinajstić information content (AvgIpc) is 2.03. The number of anilines is 1. The zero-order valence-corrected chi connectivity index (χ0v) is 9.10. The third-order valence-corrected chi connectivity index (χ3v) is 2.14. The van der Waals surface area contributed by atoms with Gasteiger partial charge in [0.25, 0.3) is 0 Å². The van der Waals surface area contributed by atoms with Crippen molar-refractivity contribution in [1.82, 2.24) is 0 Å². The molecule has 0 aromatic heterocycles. The number of nitrogen functional groups attached to an aromatic ring is 1. The minimum absolute atomic E-state index is 0.132. The fourth-order valence-corrected chi connectivity index (χ4v) is 1.56. The second-order valence-electron chi connectivity index (χ2n) is 2.99. The first-order valence-corrected chi connectivity index (χ1v) is 5.22. The van der Waals surface area contributed by atoms with Crippen molar-refractivity contribution in [3.05, 3.63) is 29.3 Å². The number of rotatable bonds is 3. The van der Waals surface area contributed by atoms with Crippen LogP contribution in [0.3, 0.4) is 0 Å². The molecule has 0 unspecified atom stereocenters. The van der Waals surface area contributed by atoms with E-state index >= 15 is 0 Å². The van der Waals surface area contributed by atoms with Crippen molar-refractivity contribution in [2.24, 2.45) is 0 Å². The first kappa shape index (κ1) is 10.3. The molecule has 2 N–H and O–H groups in total. The number of carbonyl (C=O) groups excluding carboxylic acids is 1. The summed E-state index contributed by atoms with van der Waals surface area (Å²) in [5, 5.41) is 0.694. The molecular weight excluding hydrogens is 230 g/mol. The summed E-state index contributed by atoms with van der Waals surface area (Å²) in [5.74, 6) is 0.132. The molecule has 0 radical (unpaired) electrons. The Hall–Kier alpha value is -0.830. The molecule has 2 nitrogen and oxygen atoms in total. The lowest BCUT2D eigenvalue weighted by molar-refractivity contribution is 0.0990. The van der Waals surface area contributed by atoms with Crippen LogP contribution in [0.4, 0.5) is 5.69 Å². The number of benzene rings is 1. The Labute approximate surface area is 86.3 Å². The maximum atomic E-state index is 11.5. The molecule has 0 saturated heterocycles. The van der Waals surface area contributed by atoms with Gasteiger partial charge in [-0.05, 0) is 30.7 Å². The summed E-state index contributed by atoms with van der Waals surface area (Å²) in [4.78, 5) is 11.5. The van der Waals surface area contributed by atoms with Crippen molar-refractivity contribution in [2.75, 3.05) is 11.1 Å². The Kier molecular flexibility index (Phi) is 3.48. The predicted molar refractivity (Wildman–Crippen MR) is 58.3 cm³/mol. The molecule has 0 saturated carbocycles. The van der Waals surface area contributed by atoms with Crippen LogP contribution in [0.15, 0.2) is 18.2 Å². The number of hydrogen-bond acceptors (Lipinski definition) is 2. The predicted octanol–water partition coefficient (Wildman–Crippen LogP) is 2.54. The van der Waals surface area contributed by atoms with Crippen LogP contribution in [0, 0.1) is 6.92 Å². The highest BCUT2D eigenvalue weighted by Gasteiger charge is 2.05. The molecule has 1 aromatic rings. The van der Waals surface area contributed by atoms with E-state index in [1.807, 2.05) is 19.1 Å². The van der Waals surface area contributed by atoms with Gasteiger partial charge in [0.05, 0.1) is 0 Å². The highest BCUT2D eigenvalue weighted by molar-refractivity contribution is 9.09. The fourth-order valence-electron chi connectivity index (χ4n) is 1.20. The maximum absolute atomic E-state index is 11.5. The van der Waals surface area contributed by atoms with E-state index < -0.39 is 0 Å². The Morgan fingerprint density at radius 3 is 2.69 bits per heavy atom. The van der Waals surface area contributed by atoms with Crippen LogP contribution >= 0.6 is 15.9 Å². The molecule has 0 atom stereocenters. The van der Waals surface area contributed by atoms with E-state index in [2.05, 4.69) is 15.9 Å². The number of carbonyl (C=O) groups is 1. The van der Waals surface area contributed by atoms with E-state index in [0.29, 0.717) is 23.0 Å². The largest absolute Gasteiger partial charge is 0.399 e. The van der Waals surface area contributed by atoms with Gasteiger partial charge in [-0.2, -0.15) is 0 Å². The van der Waals surface area contributed by atoms with Gasteiger partial charge < -0.3 is 5.73 Å². The maximum Gasteiger partial charge on any atom is 0.163 e. The normalized spacial score (nSPS) is 10.0. The summed E-state index contributed by atoms with van der Waals surface area (Å²) >= 11 is 3.23. The van der Waals surface area contributed by atoms with Crippen LogP contribution in [0.1, 0.15) is 22.3 Å². The average molecular weight is 242 g/mol. The zero-order chi connectivity index (χ0) is 9.84. The molecule has 0 heterocycles. The molecule has 0 amide bonds. The van der Waals surface area contributed by atoms with Gasteiger partial charge in [-0.25, -0.2) is 0 Å². The molecule has 0 spiro atoms. The molecule has 3 heteroatoms. The molecule has 1 aromatic carbocycles. The van der Waals surface area contributed by atoms with Crippen LogP contribution in [-0.4, -0.2) is 11.1 Å². The van der Waals surface area contributed by atoms with Gasteiger partial charge in [-0.1, -0.05) is 15.9 Å². The van der Waals surface area contributed by atoms with E-state index in [1.165, 1.54) is 0 Å². The smallest absolute Gasteiger partial charge is 0.163 e. The van der Waals surface area contributed by atoms with E-state index in [-0.39, 0.29) is 5.78 Å². The van der Waals surface area contributed by atoms with Gasteiger partial charge in [0.2, 0.25) is 0 Å². The van der Waals surface area contributed by atoms with Gasteiger partial charge in [0.1, 0.15) is 0 Å². The summed E-state index contributed by atoms with van der Waals surface area (Å²) in [7, 11) is 0. The first-order valence-electron chi connectivity index (χ1n) is 4.10. The van der Waals surface area contributed by atoms with Crippen LogP contribution in [0.25, 0.3) is 0 Å². The van der Waals surface area contributed by atoms with Crippen LogP contribution in [-0.2, 0) is 0 Å². The van der Waals surface area contributed by atoms with Crippen molar-refractivity contribution < 1.29 is 4.79 Å². The monoisotopic (exact) mass is 241 g/mol. The third-order valence-electron chi connectivity index (χ3n) is 1.74. The van der Waals surface area contributed by atoms with Crippen molar-refractivity contribution in [1.29, 1.82) is 0 Å². The molecule has 0 aliphatic heterocycles. The zero-order valence-electron chi connectivity index (χ0n) is 7.51. The van der Waals surface area contributed by atoms with Crippen molar-refractivity contribution in [3.8, 4) is 0 Å². The standard InChI is InChI=1S/C10H12BrNO/c1-7-4-8(6-9(12)5-7)10(13)2-3-11/h4-6H,2-3,12H2,1H3. The third kappa shape index (κ3) is 2.84. The van der Waals surface area contributed by atoms with Crippen LogP contribution in [0.5, 0.6) is 0 Å². The minimum atomic E-state index is 0.132. The molecule has 0 aliphatic carbocycles. The molecule has 0 fully saturated rings. The second-order valence-corrected chi connectivity index (χ2v) is 3.79. The van der Waals surface area contributed by atoms with Gasteiger partial charge in [-0.3, -0.25) is 4.79 Å². The number of halogens is 1. The van der Waals surface area contributed by atoms with Crippen molar-refractivity contribution in [2.45, 2.75) is 13.3 Å². The number of hydrogen-bond donors (Lipinski definition) is 1. The molecular formula is C10H12BrNO. The number of Topliss-reactive ketones (excluding diaryl/α,β-unsaturated/α-hetero) is 1. The Balaban J connectivity index is 2.94. The number of ketones is 1. The summed E-state index contributed by atoms with van der Waals surface area (Å²) in [5.41, 5.74) is 8.01. The Morgan fingerprint density at radius 2 is 2.15 bits per heavy atom. The van der Waals surface area contributed by atoms with Crippen molar-refractivity contribution >= 4 is 27.4 Å². The highest BCUT2D eigenvalue weighted by Crippen LogP contribution is 2.13. The Bertz CT molecular complexity index is 302. The Morgan fingerprint density at radius 1 is 1.46 bits per heavy atom. The fraction of sp³-hybridized carbons (Fsp3) is 0.300. The van der Waals surface area contributed by atoms with Gasteiger partial charge in [0.15, 0.2) is 5.78 Å². The van der Waals surface area contributed by atoms with Crippen LogP contribution in [0.2, 0.25) is 0 Å². The lowest BCUT2D eigenvalue weighted by atomic mass is 10.1. The summed E-state index contributed by atoms with van der Waals surface area (Å²) < 4.78 is 0. The minimum Gasteiger partial charge on any atom is -0.399 e. The number of aryl methyl sites for hydroxylation is 1. The van der Waals surface area contributed by atoms with Gasteiger partial charge in [0, 0.05) is 23.0 Å². The van der Waals surface area contributed by atoms with E-state index in [0.717, 1.165) is 5.56 Å². The molecule has 0 aliphatic rings. The van der Waals surface area contributed by atoms with Gasteiger partial charge in [-0.15, -0.1) is 0 Å². The lowest BCUT2D eigenvalue weighted by Crippen LogP contribution is -2.01. The quantitative estimate of drug-likeness (QED) is 0.502. The van der Waals surface area contributed by atoms with E-state index in [9.17, 15) is 4.79 Å². The summed E-state index contributed by atoms with van der Waals surface area (Å²) in [6.07, 6.45) is 0.517. The summed E-state index contributed by atoms with van der Waals surface area (Å²) in [6.45, 7) is 1.93. The van der Waals surface area contributed by atoms with Crippen molar-refractivity contribution in [3.63, 3.8) is 0 Å². The number of alkyl halides is 1. The SMILES string of the molecule is Cc1cc(N)cc(C(=O)CCBr)c1. The first-order chi connectivity index (χ1) is 6.13. The van der Waals surface area contributed by atoms with E-state index in [1.54, 1.807) is 6.07 Å².